The molecule has 1 saturated carbocycles. The molecule has 0 aromatic heterocycles. The maximum absolute atomic E-state index is 12.4. The van der Waals surface area contributed by atoms with Gasteiger partial charge in [-0.05, 0) is 30.9 Å². The van der Waals surface area contributed by atoms with Crippen LogP contribution in [0.1, 0.15) is 50.2 Å². The largest absolute Gasteiger partial charge is 0.299 e. The summed E-state index contributed by atoms with van der Waals surface area (Å²) in [4.78, 5) is 12.4. The van der Waals surface area contributed by atoms with Crippen LogP contribution in [0.2, 0.25) is 0 Å². The molecule has 17 heavy (non-hydrogen) atoms. The molecule has 92 valence electrons. The Labute approximate surface area is 104 Å². The quantitative estimate of drug-likeness (QED) is 0.764. The summed E-state index contributed by atoms with van der Waals surface area (Å²) in [7, 11) is 0. The molecule has 1 fully saturated rings. The zero-order valence-electron chi connectivity index (χ0n) is 11.0. The summed E-state index contributed by atoms with van der Waals surface area (Å²) >= 11 is 0. The van der Waals surface area contributed by atoms with Crippen LogP contribution < -0.4 is 0 Å². The highest BCUT2D eigenvalue weighted by Gasteiger charge is 2.33. The van der Waals surface area contributed by atoms with Gasteiger partial charge in [-0.15, -0.1) is 0 Å². The van der Waals surface area contributed by atoms with Gasteiger partial charge in [0.25, 0.3) is 0 Å². The van der Waals surface area contributed by atoms with Crippen LogP contribution in [-0.4, -0.2) is 5.78 Å². The van der Waals surface area contributed by atoms with Crippen molar-refractivity contribution in [2.75, 3.05) is 0 Å². The van der Waals surface area contributed by atoms with E-state index in [1.165, 1.54) is 30.4 Å². The number of carbonyl (C=O) groups excluding carboxylic acids is 1. The summed E-state index contributed by atoms with van der Waals surface area (Å²) in [6.45, 7) is 4.25. The normalized spacial score (nSPS) is 18.9. The summed E-state index contributed by atoms with van der Waals surface area (Å²) in [6.07, 6.45) is 6.51. The van der Waals surface area contributed by atoms with E-state index in [9.17, 15) is 4.79 Å². The molecule has 0 atom stereocenters. The maximum Gasteiger partial charge on any atom is 0.143 e. The molecule has 0 bridgehead atoms. The van der Waals surface area contributed by atoms with Crippen LogP contribution in [0.15, 0.2) is 24.3 Å². The van der Waals surface area contributed by atoms with Crippen molar-refractivity contribution >= 4 is 5.78 Å². The smallest absolute Gasteiger partial charge is 0.143 e. The Morgan fingerprint density at radius 1 is 1.18 bits per heavy atom. The van der Waals surface area contributed by atoms with Crippen molar-refractivity contribution in [2.24, 2.45) is 5.41 Å². The highest BCUT2D eigenvalue weighted by atomic mass is 16.1. The Balaban J connectivity index is 2.08. The molecule has 1 nitrogen and oxygen atoms in total. The third-order valence-electron chi connectivity index (χ3n) is 4.24. The summed E-state index contributed by atoms with van der Waals surface area (Å²) in [5.74, 6) is 0.437. The molecule has 1 aromatic rings. The van der Waals surface area contributed by atoms with Crippen LogP contribution in [0.5, 0.6) is 0 Å². The minimum absolute atomic E-state index is 0.0550. The van der Waals surface area contributed by atoms with E-state index in [0.29, 0.717) is 12.2 Å². The van der Waals surface area contributed by atoms with Gasteiger partial charge in [-0.25, -0.2) is 0 Å². The molecule has 2 rings (SSSR count). The third-order valence-corrected chi connectivity index (χ3v) is 4.24. The van der Waals surface area contributed by atoms with Gasteiger partial charge in [0.1, 0.15) is 5.78 Å². The van der Waals surface area contributed by atoms with E-state index >= 15 is 0 Å². The van der Waals surface area contributed by atoms with Crippen molar-refractivity contribution in [2.45, 2.75) is 52.4 Å². The molecular formula is C16H22O. The van der Waals surface area contributed by atoms with Crippen molar-refractivity contribution in [3.8, 4) is 0 Å². The second-order valence-corrected chi connectivity index (χ2v) is 5.65. The SMILES string of the molecule is Cc1ccccc1CC(=O)C1(C)CCCCC1. The summed E-state index contributed by atoms with van der Waals surface area (Å²) < 4.78 is 0. The lowest BCUT2D eigenvalue weighted by molar-refractivity contribution is -0.128. The second kappa shape index (κ2) is 5.03. The standard InChI is InChI=1S/C16H22O/c1-13-8-4-5-9-14(13)12-15(17)16(2)10-6-3-7-11-16/h4-5,8-9H,3,6-7,10-12H2,1-2H3. The van der Waals surface area contributed by atoms with Gasteiger partial charge in [0.15, 0.2) is 0 Å². The fourth-order valence-electron chi connectivity index (χ4n) is 2.81. The second-order valence-electron chi connectivity index (χ2n) is 5.65. The van der Waals surface area contributed by atoms with Crippen molar-refractivity contribution in [3.63, 3.8) is 0 Å². The molecule has 1 heteroatoms. The van der Waals surface area contributed by atoms with Gasteiger partial charge in [0, 0.05) is 11.8 Å². The molecule has 0 unspecified atom stereocenters. The number of aryl methyl sites for hydroxylation is 1. The Hall–Kier alpha value is -1.11. The maximum atomic E-state index is 12.4. The predicted molar refractivity (Wildman–Crippen MR) is 71.1 cm³/mol. The van der Waals surface area contributed by atoms with Gasteiger partial charge in [-0.2, -0.15) is 0 Å². The first-order valence-electron chi connectivity index (χ1n) is 6.70. The number of carbonyl (C=O) groups is 1. The number of rotatable bonds is 3. The molecule has 1 aromatic carbocycles. The van der Waals surface area contributed by atoms with Gasteiger partial charge in [0.2, 0.25) is 0 Å². The van der Waals surface area contributed by atoms with E-state index in [2.05, 4.69) is 26.0 Å². The molecule has 0 saturated heterocycles. The van der Waals surface area contributed by atoms with Crippen molar-refractivity contribution < 1.29 is 4.79 Å². The molecule has 0 aliphatic heterocycles. The van der Waals surface area contributed by atoms with E-state index < -0.39 is 0 Å². The topological polar surface area (TPSA) is 17.1 Å². The van der Waals surface area contributed by atoms with Crippen LogP contribution >= 0.6 is 0 Å². The lowest BCUT2D eigenvalue weighted by atomic mass is 9.71. The van der Waals surface area contributed by atoms with E-state index in [1.54, 1.807) is 0 Å². The predicted octanol–water partition coefficient (Wildman–Crippen LogP) is 4.08. The molecule has 0 heterocycles. The van der Waals surface area contributed by atoms with E-state index in [0.717, 1.165) is 12.8 Å². The highest BCUT2D eigenvalue weighted by molar-refractivity contribution is 5.86. The first kappa shape index (κ1) is 12.3. The van der Waals surface area contributed by atoms with Gasteiger partial charge < -0.3 is 0 Å². The summed E-state index contributed by atoms with van der Waals surface area (Å²) in [5.41, 5.74) is 2.38. The first-order valence-corrected chi connectivity index (χ1v) is 6.70. The summed E-state index contributed by atoms with van der Waals surface area (Å²) in [5, 5.41) is 0. The lowest BCUT2D eigenvalue weighted by Crippen LogP contribution is -2.31. The van der Waals surface area contributed by atoms with Crippen molar-refractivity contribution in [1.29, 1.82) is 0 Å². The van der Waals surface area contributed by atoms with Crippen LogP contribution in [0.25, 0.3) is 0 Å². The van der Waals surface area contributed by atoms with E-state index in [4.69, 9.17) is 0 Å². The average molecular weight is 230 g/mol. The number of Topliss-reactive ketones (excluding diaryl/α,β-unsaturated/α-hetero) is 1. The molecular weight excluding hydrogens is 208 g/mol. The number of benzene rings is 1. The van der Waals surface area contributed by atoms with Crippen molar-refractivity contribution in [1.82, 2.24) is 0 Å². The fourth-order valence-corrected chi connectivity index (χ4v) is 2.81. The van der Waals surface area contributed by atoms with E-state index in [-0.39, 0.29) is 5.41 Å². The molecule has 1 aliphatic carbocycles. The van der Waals surface area contributed by atoms with Crippen molar-refractivity contribution in [3.05, 3.63) is 35.4 Å². The Morgan fingerprint density at radius 3 is 2.47 bits per heavy atom. The third kappa shape index (κ3) is 2.77. The Morgan fingerprint density at radius 2 is 1.82 bits per heavy atom. The van der Waals surface area contributed by atoms with Gasteiger partial charge in [-0.3, -0.25) is 4.79 Å². The highest BCUT2D eigenvalue weighted by Crippen LogP contribution is 2.37. The first-order chi connectivity index (χ1) is 8.12. The van der Waals surface area contributed by atoms with Crippen LogP contribution in [0.3, 0.4) is 0 Å². The number of hydrogen-bond donors (Lipinski definition) is 0. The summed E-state index contributed by atoms with van der Waals surface area (Å²) in [6, 6.07) is 8.23. The monoisotopic (exact) mass is 230 g/mol. The Kier molecular flexibility index (Phi) is 3.66. The lowest BCUT2D eigenvalue weighted by Gasteiger charge is -2.32. The Bertz CT molecular complexity index is 400. The number of hydrogen-bond acceptors (Lipinski definition) is 1. The van der Waals surface area contributed by atoms with Crippen LogP contribution in [0, 0.1) is 12.3 Å². The molecule has 0 N–H and O–H groups in total. The molecule has 0 radical (unpaired) electrons. The molecule has 0 amide bonds. The minimum Gasteiger partial charge on any atom is -0.299 e. The van der Waals surface area contributed by atoms with Crippen LogP contribution in [-0.2, 0) is 11.2 Å². The molecule has 0 spiro atoms. The van der Waals surface area contributed by atoms with E-state index in [1.807, 2.05) is 12.1 Å². The molecule has 1 aliphatic rings. The van der Waals surface area contributed by atoms with Gasteiger partial charge >= 0.3 is 0 Å². The van der Waals surface area contributed by atoms with Gasteiger partial charge in [-0.1, -0.05) is 50.5 Å². The fraction of sp³-hybridized carbons (Fsp3) is 0.562. The van der Waals surface area contributed by atoms with Gasteiger partial charge in [0.05, 0.1) is 0 Å². The van der Waals surface area contributed by atoms with Crippen LogP contribution in [0.4, 0.5) is 0 Å². The number of ketones is 1. The minimum atomic E-state index is -0.0550. The zero-order chi connectivity index (χ0) is 12.3. The average Bonchev–Trinajstić information content (AvgIpc) is 2.33. The zero-order valence-corrected chi connectivity index (χ0v) is 11.0.